The minimum Gasteiger partial charge on any atom is -0.493 e. The Morgan fingerprint density at radius 2 is 1.57 bits per heavy atom. The molecule has 3 rings (SSSR count). The zero-order valence-corrected chi connectivity index (χ0v) is 13.5. The first-order valence-corrected chi connectivity index (χ1v) is 7.79. The van der Waals surface area contributed by atoms with Crippen molar-refractivity contribution in [2.45, 2.75) is 13.0 Å². The Kier molecular flexibility index (Phi) is 4.67. The molecule has 3 aromatic rings. The normalized spacial score (nSPS) is 11.9. The highest BCUT2D eigenvalue weighted by Crippen LogP contribution is 2.27. The van der Waals surface area contributed by atoms with Crippen LogP contribution in [-0.2, 0) is 0 Å². The van der Waals surface area contributed by atoms with Crippen molar-refractivity contribution in [2.24, 2.45) is 0 Å². The predicted octanol–water partition coefficient (Wildman–Crippen LogP) is 4.73. The largest absolute Gasteiger partial charge is 0.493 e. The summed E-state index contributed by atoms with van der Waals surface area (Å²) in [5.41, 5.74) is 1.12. The van der Waals surface area contributed by atoms with Crippen LogP contribution in [0.1, 0.15) is 6.92 Å². The predicted molar refractivity (Wildman–Crippen MR) is 95.5 cm³/mol. The van der Waals surface area contributed by atoms with Gasteiger partial charge in [-0.25, -0.2) is 0 Å². The maximum Gasteiger partial charge on any atom is 0.161 e. The quantitative estimate of drug-likeness (QED) is 0.714. The van der Waals surface area contributed by atoms with E-state index in [2.05, 4.69) is 47.8 Å². The zero-order valence-electron chi connectivity index (χ0n) is 13.5. The van der Waals surface area contributed by atoms with Crippen LogP contribution in [0, 0.1) is 0 Å². The number of hydrogen-bond acceptors (Lipinski definition) is 3. The Labute approximate surface area is 136 Å². The van der Waals surface area contributed by atoms with E-state index in [1.165, 1.54) is 10.8 Å². The average molecular weight is 307 g/mol. The van der Waals surface area contributed by atoms with Gasteiger partial charge in [-0.3, -0.25) is 0 Å². The van der Waals surface area contributed by atoms with E-state index in [-0.39, 0.29) is 6.10 Å². The van der Waals surface area contributed by atoms with Gasteiger partial charge >= 0.3 is 0 Å². The van der Waals surface area contributed by atoms with Crippen LogP contribution < -0.4 is 14.8 Å². The summed E-state index contributed by atoms with van der Waals surface area (Å²) >= 11 is 0. The molecule has 0 saturated heterocycles. The number of benzene rings is 3. The van der Waals surface area contributed by atoms with Crippen molar-refractivity contribution < 1.29 is 9.47 Å². The van der Waals surface area contributed by atoms with Gasteiger partial charge in [0.25, 0.3) is 0 Å². The molecule has 0 saturated carbocycles. The maximum atomic E-state index is 5.98. The van der Waals surface area contributed by atoms with Gasteiger partial charge in [0, 0.05) is 11.1 Å². The molecule has 0 heterocycles. The summed E-state index contributed by atoms with van der Waals surface area (Å²) in [6.07, 6.45) is 0.0188. The summed E-state index contributed by atoms with van der Waals surface area (Å²) in [6.45, 7) is 2.76. The first-order valence-electron chi connectivity index (χ1n) is 7.79. The van der Waals surface area contributed by atoms with Gasteiger partial charge in [-0.1, -0.05) is 48.5 Å². The fourth-order valence-electron chi connectivity index (χ4n) is 2.61. The van der Waals surface area contributed by atoms with Gasteiger partial charge in [-0.05, 0) is 30.5 Å². The molecule has 3 aromatic carbocycles. The van der Waals surface area contributed by atoms with Gasteiger partial charge in [0.15, 0.2) is 11.5 Å². The molecule has 0 aliphatic rings. The number of ether oxygens (including phenoxy) is 2. The molecule has 1 N–H and O–H groups in total. The van der Waals surface area contributed by atoms with Crippen molar-refractivity contribution in [1.82, 2.24) is 0 Å². The van der Waals surface area contributed by atoms with Gasteiger partial charge in [-0.15, -0.1) is 0 Å². The molecule has 0 aliphatic heterocycles. The Balaban J connectivity index is 1.68. The summed E-state index contributed by atoms with van der Waals surface area (Å²) in [4.78, 5) is 0. The van der Waals surface area contributed by atoms with Crippen molar-refractivity contribution in [3.05, 3.63) is 66.7 Å². The Morgan fingerprint density at radius 3 is 2.39 bits per heavy atom. The molecular formula is C20H21NO2. The number of para-hydroxylation sites is 2. The summed E-state index contributed by atoms with van der Waals surface area (Å²) in [5, 5.41) is 5.93. The summed E-state index contributed by atoms with van der Waals surface area (Å²) in [7, 11) is 1.65. The number of fused-ring (bicyclic) bond motifs is 1. The van der Waals surface area contributed by atoms with Crippen LogP contribution in [-0.4, -0.2) is 19.8 Å². The molecule has 0 amide bonds. The van der Waals surface area contributed by atoms with Crippen molar-refractivity contribution in [3.63, 3.8) is 0 Å². The lowest BCUT2D eigenvalue weighted by molar-refractivity contribution is 0.223. The van der Waals surface area contributed by atoms with Crippen molar-refractivity contribution in [2.75, 3.05) is 19.0 Å². The fourth-order valence-corrected chi connectivity index (χ4v) is 2.61. The molecule has 1 atom stereocenters. The van der Waals surface area contributed by atoms with Gasteiger partial charge in [-0.2, -0.15) is 0 Å². The van der Waals surface area contributed by atoms with E-state index in [4.69, 9.17) is 9.47 Å². The summed E-state index contributed by atoms with van der Waals surface area (Å²) in [5.74, 6) is 1.52. The zero-order chi connectivity index (χ0) is 16.1. The third kappa shape index (κ3) is 3.57. The minimum atomic E-state index is 0.0188. The standard InChI is InChI=1S/C20H21NO2/c1-15(23-20-13-6-5-12-19(20)22-2)14-21-18-11-7-9-16-8-3-4-10-17(16)18/h3-13,15,21H,14H2,1-2H3. The lowest BCUT2D eigenvalue weighted by Gasteiger charge is -2.18. The topological polar surface area (TPSA) is 30.5 Å². The molecule has 0 aliphatic carbocycles. The lowest BCUT2D eigenvalue weighted by Crippen LogP contribution is -2.23. The van der Waals surface area contributed by atoms with Crippen molar-refractivity contribution in [3.8, 4) is 11.5 Å². The average Bonchev–Trinajstić information content (AvgIpc) is 2.60. The van der Waals surface area contributed by atoms with Gasteiger partial charge in [0.1, 0.15) is 6.10 Å². The van der Waals surface area contributed by atoms with Gasteiger partial charge < -0.3 is 14.8 Å². The third-order valence-corrected chi connectivity index (χ3v) is 3.77. The highest BCUT2D eigenvalue weighted by molar-refractivity contribution is 5.93. The van der Waals surface area contributed by atoms with Crippen LogP contribution in [0.5, 0.6) is 11.5 Å². The molecule has 3 heteroatoms. The summed E-state index contributed by atoms with van der Waals surface area (Å²) in [6, 6.07) is 22.4. The Morgan fingerprint density at radius 1 is 0.870 bits per heavy atom. The lowest BCUT2D eigenvalue weighted by atomic mass is 10.1. The van der Waals surface area contributed by atoms with Crippen LogP contribution in [0.4, 0.5) is 5.69 Å². The molecule has 0 radical (unpaired) electrons. The monoisotopic (exact) mass is 307 g/mol. The van der Waals surface area contributed by atoms with E-state index in [0.717, 1.165) is 17.2 Å². The number of hydrogen-bond donors (Lipinski definition) is 1. The highest BCUT2D eigenvalue weighted by atomic mass is 16.5. The molecule has 1 unspecified atom stereocenters. The van der Waals surface area contributed by atoms with Crippen LogP contribution >= 0.6 is 0 Å². The molecule has 0 fully saturated rings. The highest BCUT2D eigenvalue weighted by Gasteiger charge is 2.09. The Bertz CT molecular complexity index is 780. The van der Waals surface area contributed by atoms with E-state index < -0.39 is 0 Å². The molecule has 23 heavy (non-hydrogen) atoms. The first-order chi connectivity index (χ1) is 11.3. The third-order valence-electron chi connectivity index (χ3n) is 3.77. The Hall–Kier alpha value is -2.68. The molecule has 0 aromatic heterocycles. The maximum absolute atomic E-state index is 5.98. The number of anilines is 1. The van der Waals surface area contributed by atoms with E-state index in [1.54, 1.807) is 7.11 Å². The molecular weight excluding hydrogens is 286 g/mol. The second-order valence-corrected chi connectivity index (χ2v) is 5.49. The SMILES string of the molecule is COc1ccccc1OC(C)CNc1cccc2ccccc12. The smallest absolute Gasteiger partial charge is 0.161 e. The number of rotatable bonds is 6. The van der Waals surface area contributed by atoms with Crippen molar-refractivity contribution in [1.29, 1.82) is 0 Å². The van der Waals surface area contributed by atoms with E-state index in [0.29, 0.717) is 6.54 Å². The molecule has 0 spiro atoms. The van der Waals surface area contributed by atoms with E-state index >= 15 is 0 Å². The molecule has 0 bridgehead atoms. The second kappa shape index (κ2) is 7.05. The van der Waals surface area contributed by atoms with Crippen LogP contribution in [0.15, 0.2) is 66.7 Å². The number of nitrogens with one attached hydrogen (secondary N) is 1. The second-order valence-electron chi connectivity index (χ2n) is 5.49. The number of methoxy groups -OCH3 is 1. The summed E-state index contributed by atoms with van der Waals surface area (Å²) < 4.78 is 11.3. The molecule has 3 nitrogen and oxygen atoms in total. The van der Waals surface area contributed by atoms with Crippen molar-refractivity contribution >= 4 is 16.5 Å². The fraction of sp³-hybridized carbons (Fsp3) is 0.200. The van der Waals surface area contributed by atoms with Gasteiger partial charge in [0.05, 0.1) is 13.7 Å². The van der Waals surface area contributed by atoms with Crippen LogP contribution in [0.3, 0.4) is 0 Å². The van der Waals surface area contributed by atoms with Crippen LogP contribution in [0.25, 0.3) is 10.8 Å². The van der Waals surface area contributed by atoms with Crippen LogP contribution in [0.2, 0.25) is 0 Å². The first kappa shape index (κ1) is 15.2. The minimum absolute atomic E-state index is 0.0188. The molecule has 118 valence electrons. The van der Waals surface area contributed by atoms with E-state index in [9.17, 15) is 0 Å². The van der Waals surface area contributed by atoms with E-state index in [1.807, 2.05) is 31.2 Å². The van der Waals surface area contributed by atoms with Gasteiger partial charge in [0.2, 0.25) is 0 Å².